The number of hydrogen-bond donors (Lipinski definition) is 1. The topological polar surface area (TPSA) is 66.8 Å². The Morgan fingerprint density at radius 2 is 1.67 bits per heavy atom. The van der Waals surface area contributed by atoms with Crippen molar-refractivity contribution in [2.24, 2.45) is 0 Å². The third kappa shape index (κ3) is 3.33. The van der Waals surface area contributed by atoms with Crippen LogP contribution >= 0.6 is 0 Å². The lowest BCUT2D eigenvalue weighted by Gasteiger charge is -2.25. The first kappa shape index (κ1) is 19.4. The minimum Gasteiger partial charge on any atom is -0.507 e. The minimum atomic E-state index is -0.868. The van der Waals surface area contributed by atoms with Gasteiger partial charge in [-0.2, -0.15) is 0 Å². The van der Waals surface area contributed by atoms with Gasteiger partial charge in [0.2, 0.25) is 0 Å². The van der Waals surface area contributed by atoms with E-state index in [-0.39, 0.29) is 16.9 Å². The molecule has 1 fully saturated rings. The average Bonchev–Trinajstić information content (AvgIpc) is 3.05. The van der Waals surface area contributed by atoms with Gasteiger partial charge in [0, 0.05) is 11.3 Å². The number of rotatable bonds is 4. The monoisotopic (exact) mass is 403 g/mol. The van der Waals surface area contributed by atoms with Gasteiger partial charge in [-0.15, -0.1) is 0 Å². The van der Waals surface area contributed by atoms with Crippen molar-refractivity contribution in [3.05, 3.63) is 101 Å². The molecule has 4 rings (SSSR count). The van der Waals surface area contributed by atoms with E-state index in [1.165, 1.54) is 36.3 Å². The van der Waals surface area contributed by atoms with E-state index in [1.54, 1.807) is 54.6 Å². The van der Waals surface area contributed by atoms with E-state index in [2.05, 4.69) is 0 Å². The summed E-state index contributed by atoms with van der Waals surface area (Å²) in [5.74, 6) is -1.85. The molecule has 1 aliphatic rings. The highest BCUT2D eigenvalue weighted by atomic mass is 19.1. The number of Topliss-reactive ketones (excluding diaryl/α,β-unsaturated/α-hetero) is 1. The summed E-state index contributed by atoms with van der Waals surface area (Å²) in [6.45, 7) is 0. The molecule has 1 saturated heterocycles. The molecular weight excluding hydrogens is 385 g/mol. The first-order valence-electron chi connectivity index (χ1n) is 9.27. The van der Waals surface area contributed by atoms with E-state index in [0.717, 1.165) is 0 Å². The van der Waals surface area contributed by atoms with Gasteiger partial charge in [-0.25, -0.2) is 4.39 Å². The lowest BCUT2D eigenvalue weighted by molar-refractivity contribution is -0.132. The first-order valence-corrected chi connectivity index (χ1v) is 9.27. The van der Waals surface area contributed by atoms with E-state index in [9.17, 15) is 19.1 Å². The molecule has 0 spiro atoms. The first-order chi connectivity index (χ1) is 14.5. The Balaban J connectivity index is 1.95. The average molecular weight is 403 g/mol. The van der Waals surface area contributed by atoms with Gasteiger partial charge < -0.3 is 9.84 Å². The predicted octanol–water partition coefficient (Wildman–Crippen LogP) is 4.46. The summed E-state index contributed by atoms with van der Waals surface area (Å²) in [5.41, 5.74) is 1.30. The Bertz CT molecular complexity index is 1140. The van der Waals surface area contributed by atoms with Gasteiger partial charge in [-0.05, 0) is 54.1 Å². The number of benzene rings is 3. The van der Waals surface area contributed by atoms with E-state index >= 15 is 0 Å². The normalized spacial score (nSPS) is 17.9. The second-order valence-electron chi connectivity index (χ2n) is 6.79. The third-order valence-corrected chi connectivity index (χ3v) is 5.01. The van der Waals surface area contributed by atoms with Crippen molar-refractivity contribution in [3.63, 3.8) is 0 Å². The molecule has 0 unspecified atom stereocenters. The summed E-state index contributed by atoms with van der Waals surface area (Å²) in [7, 11) is 1.52. The standard InChI is InChI=1S/C24H18FNO4/c1-30-19-9-5-6-16(14-19)21-20(22(27)15-10-12-17(25)13-11-15)23(28)24(29)26(21)18-7-3-2-4-8-18/h2-14,21,27H,1H3/t21-/m0/s1. The third-order valence-electron chi connectivity index (χ3n) is 5.01. The molecule has 150 valence electrons. The van der Waals surface area contributed by atoms with Crippen molar-refractivity contribution < 1.29 is 23.8 Å². The number of nitrogens with zero attached hydrogens (tertiary/aromatic N) is 1. The maximum absolute atomic E-state index is 13.3. The second-order valence-corrected chi connectivity index (χ2v) is 6.79. The predicted molar refractivity (Wildman–Crippen MR) is 111 cm³/mol. The van der Waals surface area contributed by atoms with Crippen LogP contribution in [0.25, 0.3) is 5.76 Å². The number of aliphatic hydroxyl groups excluding tert-OH is 1. The van der Waals surface area contributed by atoms with Crippen molar-refractivity contribution in [2.75, 3.05) is 12.0 Å². The Hall–Kier alpha value is -3.93. The zero-order valence-corrected chi connectivity index (χ0v) is 16.1. The lowest BCUT2D eigenvalue weighted by Crippen LogP contribution is -2.29. The van der Waals surface area contributed by atoms with Crippen LogP contribution in [0.3, 0.4) is 0 Å². The van der Waals surface area contributed by atoms with Gasteiger partial charge >= 0.3 is 0 Å². The smallest absolute Gasteiger partial charge is 0.300 e. The number of carbonyl (C=O) groups is 2. The fourth-order valence-corrected chi connectivity index (χ4v) is 3.58. The van der Waals surface area contributed by atoms with E-state index < -0.39 is 23.5 Å². The van der Waals surface area contributed by atoms with Crippen molar-refractivity contribution in [1.82, 2.24) is 0 Å². The summed E-state index contributed by atoms with van der Waals surface area (Å²) < 4.78 is 18.6. The number of para-hydroxylation sites is 1. The van der Waals surface area contributed by atoms with E-state index in [0.29, 0.717) is 17.0 Å². The van der Waals surface area contributed by atoms with E-state index in [1.807, 2.05) is 0 Å². The van der Waals surface area contributed by atoms with Gasteiger partial charge in [0.1, 0.15) is 17.3 Å². The second kappa shape index (κ2) is 7.83. The fraction of sp³-hybridized carbons (Fsp3) is 0.0833. The molecule has 0 aromatic heterocycles. The Labute approximate surface area is 172 Å². The van der Waals surface area contributed by atoms with Crippen molar-refractivity contribution in [3.8, 4) is 5.75 Å². The fourth-order valence-electron chi connectivity index (χ4n) is 3.58. The Kier molecular flexibility index (Phi) is 5.06. The molecule has 5 nitrogen and oxygen atoms in total. The number of aliphatic hydroxyl groups is 1. The van der Waals surface area contributed by atoms with Crippen molar-refractivity contribution >= 4 is 23.1 Å². The van der Waals surface area contributed by atoms with E-state index in [4.69, 9.17) is 4.74 Å². The number of hydrogen-bond acceptors (Lipinski definition) is 4. The molecule has 0 bridgehead atoms. The molecule has 0 radical (unpaired) electrons. The highest BCUT2D eigenvalue weighted by Gasteiger charge is 2.47. The van der Waals surface area contributed by atoms with Crippen molar-refractivity contribution in [1.29, 1.82) is 0 Å². The molecule has 6 heteroatoms. The summed E-state index contributed by atoms with van der Waals surface area (Å²) in [6.07, 6.45) is 0. The van der Waals surface area contributed by atoms with Crippen LogP contribution in [0.5, 0.6) is 5.75 Å². The zero-order chi connectivity index (χ0) is 21.3. The molecular formula is C24H18FNO4. The van der Waals surface area contributed by atoms with Gasteiger partial charge in [0.05, 0.1) is 18.7 Å². The van der Waals surface area contributed by atoms with Crippen LogP contribution < -0.4 is 9.64 Å². The van der Waals surface area contributed by atoms with Crippen LogP contribution in [0, 0.1) is 5.82 Å². The van der Waals surface area contributed by atoms with Gasteiger partial charge in [0.15, 0.2) is 0 Å². The summed E-state index contributed by atoms with van der Waals surface area (Å²) >= 11 is 0. The highest BCUT2D eigenvalue weighted by molar-refractivity contribution is 6.51. The number of methoxy groups -OCH3 is 1. The number of ketones is 1. The molecule has 1 heterocycles. The number of ether oxygens (including phenoxy) is 1. The molecule has 3 aromatic carbocycles. The van der Waals surface area contributed by atoms with Gasteiger partial charge in [-0.1, -0.05) is 30.3 Å². The quantitative estimate of drug-likeness (QED) is 0.397. The summed E-state index contributed by atoms with van der Waals surface area (Å²) in [4.78, 5) is 27.3. The van der Waals surface area contributed by atoms with Crippen LogP contribution in [0.1, 0.15) is 17.2 Å². The molecule has 1 aliphatic heterocycles. The van der Waals surface area contributed by atoms with Crippen LogP contribution in [0.2, 0.25) is 0 Å². The molecule has 3 aromatic rings. The van der Waals surface area contributed by atoms with Crippen LogP contribution in [0.15, 0.2) is 84.4 Å². The Morgan fingerprint density at radius 3 is 2.33 bits per heavy atom. The van der Waals surface area contributed by atoms with Crippen LogP contribution in [-0.4, -0.2) is 23.9 Å². The lowest BCUT2D eigenvalue weighted by atomic mass is 9.95. The maximum Gasteiger partial charge on any atom is 0.300 e. The number of halogens is 1. The maximum atomic E-state index is 13.3. The molecule has 1 amide bonds. The van der Waals surface area contributed by atoms with Gasteiger partial charge in [0.25, 0.3) is 11.7 Å². The Morgan fingerprint density at radius 1 is 0.967 bits per heavy atom. The molecule has 1 N–H and O–H groups in total. The minimum absolute atomic E-state index is 0.0660. The largest absolute Gasteiger partial charge is 0.507 e. The molecule has 0 aliphatic carbocycles. The van der Waals surface area contributed by atoms with Crippen LogP contribution in [0.4, 0.5) is 10.1 Å². The zero-order valence-electron chi connectivity index (χ0n) is 16.1. The van der Waals surface area contributed by atoms with Crippen LogP contribution in [-0.2, 0) is 9.59 Å². The molecule has 0 saturated carbocycles. The van der Waals surface area contributed by atoms with Crippen molar-refractivity contribution in [2.45, 2.75) is 6.04 Å². The summed E-state index contributed by atoms with van der Waals surface area (Å²) in [5, 5.41) is 10.9. The molecule has 1 atom stereocenters. The number of anilines is 1. The highest BCUT2D eigenvalue weighted by Crippen LogP contribution is 2.42. The summed E-state index contributed by atoms with van der Waals surface area (Å²) in [6, 6.07) is 20.0. The number of carbonyl (C=O) groups excluding carboxylic acids is 2. The van der Waals surface area contributed by atoms with Gasteiger partial charge in [-0.3, -0.25) is 14.5 Å². The molecule has 30 heavy (non-hydrogen) atoms. The number of amides is 1. The SMILES string of the molecule is COc1cccc([C@H]2C(=C(O)c3ccc(F)cc3)C(=O)C(=O)N2c2ccccc2)c1.